The van der Waals surface area contributed by atoms with Crippen LogP contribution in [0.5, 0.6) is 0 Å². The van der Waals surface area contributed by atoms with Gasteiger partial charge in [0.2, 0.25) is 0 Å². The summed E-state index contributed by atoms with van der Waals surface area (Å²) < 4.78 is 32.9. The molecule has 0 spiro atoms. The molecule has 49 heavy (non-hydrogen) atoms. The highest BCUT2D eigenvalue weighted by Crippen LogP contribution is 2.26. The lowest BCUT2D eigenvalue weighted by Crippen LogP contribution is -2.61. The maximum absolute atomic E-state index is 12.7. The van der Waals surface area contributed by atoms with Crippen molar-refractivity contribution in [2.45, 2.75) is 178 Å². The van der Waals surface area contributed by atoms with Crippen molar-refractivity contribution in [1.82, 2.24) is 0 Å². The summed E-state index contributed by atoms with van der Waals surface area (Å²) in [5.74, 6) is -0.966. The number of hydrogen-bond acceptors (Lipinski definition) is 15. The van der Waals surface area contributed by atoms with E-state index in [9.17, 15) is 45.3 Å². The predicted molar refractivity (Wildman–Crippen MR) is 174 cm³/mol. The van der Waals surface area contributed by atoms with Gasteiger partial charge in [-0.15, -0.1) is 0 Å². The maximum Gasteiger partial charge on any atom is 0.306 e. The van der Waals surface area contributed by atoms with Crippen LogP contribution in [0.15, 0.2) is 0 Å². The second-order valence-corrected chi connectivity index (χ2v) is 13.1. The van der Waals surface area contributed by atoms with Crippen LogP contribution in [-0.2, 0) is 38.0 Å². The zero-order valence-corrected chi connectivity index (χ0v) is 29.2. The van der Waals surface area contributed by atoms with Gasteiger partial charge in [0, 0.05) is 12.8 Å². The standard InChI is InChI=1S/C34H62O15/c1-3-5-7-8-9-10-11-12-13-14-15-17-26(37)47-22(19-44-25(36)16-6-4-2)20-45-33-32(43)30(41)28(39)24(49-33)21-46-34-31(42)29(40)27(38)23(18-35)48-34/h22-24,27-35,38-43H,3-21H2,1-2H3. The van der Waals surface area contributed by atoms with E-state index in [1.165, 1.54) is 44.9 Å². The average molecular weight is 711 g/mol. The van der Waals surface area contributed by atoms with E-state index < -0.39 is 92.7 Å². The molecule has 11 atom stereocenters. The van der Waals surface area contributed by atoms with Crippen LogP contribution in [0.3, 0.4) is 0 Å². The minimum Gasteiger partial charge on any atom is -0.462 e. The third-order valence-corrected chi connectivity index (χ3v) is 8.84. The number of ether oxygens (including phenoxy) is 6. The molecule has 2 aliphatic heterocycles. The minimum absolute atomic E-state index is 0.169. The fourth-order valence-corrected chi connectivity index (χ4v) is 5.66. The number of carbonyl (C=O) groups is 2. The van der Waals surface area contributed by atoms with E-state index in [4.69, 9.17) is 28.4 Å². The Morgan fingerprint density at radius 3 is 1.63 bits per heavy atom. The van der Waals surface area contributed by atoms with Gasteiger partial charge in [-0.25, -0.2) is 0 Å². The summed E-state index contributed by atoms with van der Waals surface area (Å²) >= 11 is 0. The quantitative estimate of drug-likeness (QED) is 0.0517. The van der Waals surface area contributed by atoms with Crippen LogP contribution in [-0.4, -0.2) is 142 Å². The molecule has 0 aromatic carbocycles. The molecule has 0 radical (unpaired) electrons. The molecule has 2 rings (SSSR count). The lowest BCUT2D eigenvalue weighted by molar-refractivity contribution is -0.332. The molecule has 0 aliphatic carbocycles. The molecule has 2 aliphatic rings. The van der Waals surface area contributed by atoms with Gasteiger partial charge in [-0.1, -0.05) is 84.5 Å². The fraction of sp³-hybridized carbons (Fsp3) is 0.941. The van der Waals surface area contributed by atoms with Gasteiger partial charge in [0.15, 0.2) is 18.7 Å². The van der Waals surface area contributed by atoms with Crippen molar-refractivity contribution in [2.75, 3.05) is 26.4 Å². The fourth-order valence-electron chi connectivity index (χ4n) is 5.66. The third-order valence-electron chi connectivity index (χ3n) is 8.84. The van der Waals surface area contributed by atoms with Crippen molar-refractivity contribution >= 4 is 11.9 Å². The van der Waals surface area contributed by atoms with Crippen LogP contribution in [0.2, 0.25) is 0 Å². The minimum atomic E-state index is -1.75. The normalized spacial score (nSPS) is 31.0. The maximum atomic E-state index is 12.7. The van der Waals surface area contributed by atoms with E-state index in [0.29, 0.717) is 12.8 Å². The summed E-state index contributed by atoms with van der Waals surface area (Å²) in [6.07, 6.45) is -2.57. The number of aliphatic hydroxyl groups is 7. The largest absolute Gasteiger partial charge is 0.462 e. The first kappa shape index (κ1) is 43.7. The Morgan fingerprint density at radius 2 is 1.06 bits per heavy atom. The van der Waals surface area contributed by atoms with E-state index in [-0.39, 0.29) is 26.1 Å². The Labute approximate surface area is 289 Å². The van der Waals surface area contributed by atoms with Gasteiger partial charge in [-0.2, -0.15) is 0 Å². The smallest absolute Gasteiger partial charge is 0.306 e. The van der Waals surface area contributed by atoms with E-state index in [1.54, 1.807) is 0 Å². The van der Waals surface area contributed by atoms with E-state index in [2.05, 4.69) is 6.92 Å². The molecule has 0 bridgehead atoms. The summed E-state index contributed by atoms with van der Waals surface area (Å²) in [4.78, 5) is 24.8. The number of aliphatic hydroxyl groups excluding tert-OH is 7. The first-order chi connectivity index (χ1) is 23.5. The van der Waals surface area contributed by atoms with Gasteiger partial charge in [-0.05, 0) is 12.8 Å². The van der Waals surface area contributed by atoms with E-state index >= 15 is 0 Å². The van der Waals surface area contributed by atoms with Gasteiger partial charge in [-0.3, -0.25) is 9.59 Å². The molecule has 0 amide bonds. The van der Waals surface area contributed by atoms with E-state index in [1.807, 2.05) is 6.92 Å². The van der Waals surface area contributed by atoms with Crippen LogP contribution in [0.1, 0.15) is 110 Å². The van der Waals surface area contributed by atoms with E-state index in [0.717, 1.165) is 25.7 Å². The summed E-state index contributed by atoms with van der Waals surface area (Å²) in [5.41, 5.74) is 0. The topological polar surface area (TPSA) is 231 Å². The molecule has 2 heterocycles. The van der Waals surface area contributed by atoms with Crippen molar-refractivity contribution in [3.05, 3.63) is 0 Å². The molecular weight excluding hydrogens is 648 g/mol. The molecule has 2 saturated heterocycles. The van der Waals surface area contributed by atoms with Crippen LogP contribution in [0.4, 0.5) is 0 Å². The number of esters is 2. The van der Waals surface area contributed by atoms with Crippen LogP contribution in [0.25, 0.3) is 0 Å². The zero-order valence-electron chi connectivity index (χ0n) is 29.2. The Kier molecular flexibility index (Phi) is 22.0. The summed E-state index contributed by atoms with van der Waals surface area (Å²) in [6.45, 7) is 2.26. The summed E-state index contributed by atoms with van der Waals surface area (Å²) in [7, 11) is 0. The highest BCUT2D eigenvalue weighted by atomic mass is 16.7. The van der Waals surface area contributed by atoms with Crippen LogP contribution >= 0.6 is 0 Å². The first-order valence-corrected chi connectivity index (χ1v) is 18.1. The Hall–Kier alpha value is -1.50. The molecule has 0 aromatic rings. The third kappa shape index (κ3) is 15.7. The van der Waals surface area contributed by atoms with Crippen molar-refractivity contribution in [3.8, 4) is 0 Å². The Balaban J connectivity index is 1.87. The number of carbonyl (C=O) groups excluding carboxylic acids is 2. The molecule has 11 unspecified atom stereocenters. The van der Waals surface area contributed by atoms with Gasteiger partial charge in [0.05, 0.1) is 19.8 Å². The number of hydrogen-bond donors (Lipinski definition) is 7. The second kappa shape index (κ2) is 24.6. The second-order valence-electron chi connectivity index (χ2n) is 13.1. The van der Waals surface area contributed by atoms with Gasteiger partial charge < -0.3 is 64.2 Å². The monoisotopic (exact) mass is 710 g/mol. The average Bonchev–Trinajstić information content (AvgIpc) is 3.09. The van der Waals surface area contributed by atoms with Gasteiger partial charge >= 0.3 is 11.9 Å². The molecular formula is C34H62O15. The molecule has 7 N–H and O–H groups in total. The molecule has 15 heteroatoms. The lowest BCUT2D eigenvalue weighted by atomic mass is 9.98. The molecule has 15 nitrogen and oxygen atoms in total. The van der Waals surface area contributed by atoms with Crippen molar-refractivity contribution in [1.29, 1.82) is 0 Å². The lowest BCUT2D eigenvalue weighted by Gasteiger charge is -2.42. The molecule has 2 fully saturated rings. The first-order valence-electron chi connectivity index (χ1n) is 18.1. The molecule has 288 valence electrons. The number of rotatable bonds is 25. The van der Waals surface area contributed by atoms with Gasteiger partial charge in [0.25, 0.3) is 0 Å². The van der Waals surface area contributed by atoms with Crippen LogP contribution in [0, 0.1) is 0 Å². The van der Waals surface area contributed by atoms with Crippen molar-refractivity contribution in [3.63, 3.8) is 0 Å². The Morgan fingerprint density at radius 1 is 0.571 bits per heavy atom. The predicted octanol–water partition coefficient (Wildman–Crippen LogP) is 0.973. The molecule has 0 saturated carbocycles. The summed E-state index contributed by atoms with van der Waals surface area (Å²) in [5, 5.41) is 71.1. The highest BCUT2D eigenvalue weighted by molar-refractivity contribution is 5.70. The molecule has 0 aromatic heterocycles. The van der Waals surface area contributed by atoms with Crippen LogP contribution < -0.4 is 0 Å². The zero-order chi connectivity index (χ0) is 36.2. The van der Waals surface area contributed by atoms with Crippen molar-refractivity contribution in [2.24, 2.45) is 0 Å². The highest BCUT2D eigenvalue weighted by Gasteiger charge is 2.47. The Bertz CT molecular complexity index is 892. The number of unbranched alkanes of at least 4 members (excludes halogenated alkanes) is 11. The SMILES string of the molecule is CCCCCCCCCCCCCC(=O)OC(COC(=O)CCCC)COC1OC(COC2OC(CO)C(O)C(O)C2O)C(O)C(O)C1O. The van der Waals surface area contributed by atoms with Gasteiger partial charge in [0.1, 0.15) is 55.4 Å². The van der Waals surface area contributed by atoms with Crippen molar-refractivity contribution < 1.29 is 73.8 Å². The summed E-state index contributed by atoms with van der Waals surface area (Å²) in [6, 6.07) is 0.